The van der Waals surface area contributed by atoms with Crippen LogP contribution < -0.4 is 5.32 Å². The van der Waals surface area contributed by atoms with Gasteiger partial charge in [-0.2, -0.15) is 0 Å². The predicted molar refractivity (Wildman–Crippen MR) is 127 cm³/mol. The molecule has 0 bridgehead atoms. The molecule has 7 nitrogen and oxygen atoms in total. The number of halogens is 3. The molecular formula is C24H27ClF2N2O5S. The van der Waals surface area contributed by atoms with Crippen molar-refractivity contribution < 1.29 is 31.9 Å². The monoisotopic (exact) mass is 528 g/mol. The van der Waals surface area contributed by atoms with Gasteiger partial charge < -0.3 is 15.3 Å². The maximum Gasteiger partial charge on any atom is 0.254 e. The molecule has 0 radical (unpaired) electrons. The maximum atomic E-state index is 14.5. The van der Waals surface area contributed by atoms with Crippen LogP contribution in [-0.4, -0.2) is 54.2 Å². The van der Waals surface area contributed by atoms with Gasteiger partial charge in [0.15, 0.2) is 9.84 Å². The molecule has 1 saturated heterocycles. The number of amides is 2. The van der Waals surface area contributed by atoms with E-state index in [1.807, 2.05) is 0 Å². The summed E-state index contributed by atoms with van der Waals surface area (Å²) in [4.78, 5) is 27.9. The summed E-state index contributed by atoms with van der Waals surface area (Å²) >= 11 is 5.61. The van der Waals surface area contributed by atoms with E-state index in [0.29, 0.717) is 12.8 Å². The molecule has 11 heteroatoms. The first-order valence-corrected chi connectivity index (χ1v) is 13.2. The largest absolute Gasteiger partial charge is 0.391 e. The van der Waals surface area contributed by atoms with Gasteiger partial charge in [0.1, 0.15) is 17.7 Å². The van der Waals surface area contributed by atoms with Crippen molar-refractivity contribution >= 4 is 33.3 Å². The first-order valence-electron chi connectivity index (χ1n) is 11.2. The van der Waals surface area contributed by atoms with Crippen LogP contribution in [0.4, 0.5) is 8.78 Å². The second kappa shape index (κ2) is 10.6. The summed E-state index contributed by atoms with van der Waals surface area (Å²) in [5, 5.41) is 12.3. The topological polar surface area (TPSA) is 104 Å². The van der Waals surface area contributed by atoms with Gasteiger partial charge in [-0.1, -0.05) is 24.6 Å². The third-order valence-corrected chi connectivity index (χ3v) is 8.20. The van der Waals surface area contributed by atoms with Gasteiger partial charge in [0.2, 0.25) is 5.91 Å². The standard InChI is InChI=1S/C24H27ClF2N2O5S/c1-4-35(33,34)16-7-5-6-15(10-16)24(32)29-13(2)8-9-21(29)23(31)28-22(14(3)30)17-11-20(27)18(25)12-19(17)26/h5-7,10-14,21-22,30H,4,8-9H2,1-3H3,(H,28,31)/t13-,14+,21-,22-/m1/s1. The van der Waals surface area contributed by atoms with E-state index in [0.717, 1.165) is 12.1 Å². The molecule has 190 valence electrons. The number of hydrogen-bond donors (Lipinski definition) is 2. The molecule has 0 unspecified atom stereocenters. The number of benzene rings is 2. The van der Waals surface area contributed by atoms with Gasteiger partial charge in [-0.3, -0.25) is 9.59 Å². The number of aliphatic hydroxyl groups is 1. The lowest BCUT2D eigenvalue weighted by molar-refractivity contribution is -0.126. The normalized spacial score (nSPS) is 19.9. The van der Waals surface area contributed by atoms with Crippen LogP contribution in [0.1, 0.15) is 55.6 Å². The molecule has 35 heavy (non-hydrogen) atoms. The van der Waals surface area contributed by atoms with E-state index in [1.165, 1.54) is 43.0 Å². The van der Waals surface area contributed by atoms with E-state index in [-0.39, 0.29) is 27.8 Å². The Balaban J connectivity index is 1.89. The van der Waals surface area contributed by atoms with Gasteiger partial charge in [-0.15, -0.1) is 0 Å². The third kappa shape index (κ3) is 5.65. The average molecular weight is 529 g/mol. The van der Waals surface area contributed by atoms with Crippen LogP contribution in [0.3, 0.4) is 0 Å². The highest BCUT2D eigenvalue weighted by atomic mass is 35.5. The van der Waals surface area contributed by atoms with E-state index in [4.69, 9.17) is 11.6 Å². The van der Waals surface area contributed by atoms with Gasteiger partial charge in [0.25, 0.3) is 5.91 Å². The number of likely N-dealkylation sites (tertiary alicyclic amines) is 1. The Bertz CT molecular complexity index is 1240. The number of rotatable bonds is 7. The zero-order valence-electron chi connectivity index (χ0n) is 19.5. The minimum absolute atomic E-state index is 0.00751. The van der Waals surface area contributed by atoms with E-state index in [9.17, 15) is 31.9 Å². The fourth-order valence-electron chi connectivity index (χ4n) is 4.21. The number of carbonyl (C=O) groups is 2. The van der Waals surface area contributed by atoms with Crippen molar-refractivity contribution in [2.24, 2.45) is 0 Å². The highest BCUT2D eigenvalue weighted by Gasteiger charge is 2.40. The summed E-state index contributed by atoms with van der Waals surface area (Å²) < 4.78 is 53.0. The first-order chi connectivity index (χ1) is 16.4. The Morgan fingerprint density at radius 2 is 1.89 bits per heavy atom. The molecule has 1 fully saturated rings. The molecule has 2 aromatic rings. The van der Waals surface area contributed by atoms with Crippen LogP contribution in [0.25, 0.3) is 0 Å². The third-order valence-electron chi connectivity index (χ3n) is 6.18. The van der Waals surface area contributed by atoms with Crippen molar-refractivity contribution in [2.45, 2.75) is 62.7 Å². The summed E-state index contributed by atoms with van der Waals surface area (Å²) in [5.74, 6) is -3.11. The van der Waals surface area contributed by atoms with Crippen molar-refractivity contribution in [1.29, 1.82) is 0 Å². The Kier molecular flexibility index (Phi) is 8.18. The van der Waals surface area contributed by atoms with Crippen molar-refractivity contribution in [2.75, 3.05) is 5.75 Å². The quantitative estimate of drug-likeness (QED) is 0.534. The summed E-state index contributed by atoms with van der Waals surface area (Å²) in [5.41, 5.74) is -0.166. The fourth-order valence-corrected chi connectivity index (χ4v) is 5.28. The van der Waals surface area contributed by atoms with E-state index in [2.05, 4.69) is 5.32 Å². The molecule has 1 aliphatic heterocycles. The fraction of sp³-hybridized carbons (Fsp3) is 0.417. The molecule has 0 spiro atoms. The molecule has 2 N–H and O–H groups in total. The smallest absolute Gasteiger partial charge is 0.254 e. The van der Waals surface area contributed by atoms with Crippen LogP contribution in [0.15, 0.2) is 41.3 Å². The van der Waals surface area contributed by atoms with Crippen LogP contribution in [0, 0.1) is 11.6 Å². The molecule has 0 aromatic heterocycles. The summed E-state index contributed by atoms with van der Waals surface area (Å²) in [6, 6.07) is 4.62. The van der Waals surface area contributed by atoms with E-state index < -0.39 is 56.5 Å². The van der Waals surface area contributed by atoms with Crippen LogP contribution >= 0.6 is 11.6 Å². The van der Waals surface area contributed by atoms with Gasteiger partial charge in [-0.05, 0) is 57.0 Å². The van der Waals surface area contributed by atoms with Crippen LogP contribution in [-0.2, 0) is 14.6 Å². The van der Waals surface area contributed by atoms with Gasteiger partial charge in [0, 0.05) is 17.2 Å². The molecule has 2 amide bonds. The Morgan fingerprint density at radius 1 is 1.20 bits per heavy atom. The zero-order valence-corrected chi connectivity index (χ0v) is 21.0. The SMILES string of the molecule is CCS(=O)(=O)c1cccc(C(=O)N2[C@H](C)CC[C@@H]2C(=O)N[C@@H](c2cc(F)c(Cl)cc2F)[C@H](C)O)c1. The minimum atomic E-state index is -3.54. The summed E-state index contributed by atoms with van der Waals surface area (Å²) in [7, 11) is -3.54. The second-order valence-electron chi connectivity index (χ2n) is 8.60. The first kappa shape index (κ1) is 27.0. The second-order valence-corrected chi connectivity index (χ2v) is 11.3. The molecule has 2 aromatic carbocycles. The molecule has 0 saturated carbocycles. The predicted octanol–water partition coefficient (Wildman–Crippen LogP) is 3.64. The molecule has 1 heterocycles. The van der Waals surface area contributed by atoms with Crippen LogP contribution in [0.5, 0.6) is 0 Å². The zero-order chi connectivity index (χ0) is 26.1. The summed E-state index contributed by atoms with van der Waals surface area (Å²) in [6.45, 7) is 4.58. The van der Waals surface area contributed by atoms with E-state index in [1.54, 1.807) is 6.92 Å². The van der Waals surface area contributed by atoms with Crippen molar-refractivity contribution in [3.8, 4) is 0 Å². The highest BCUT2D eigenvalue weighted by molar-refractivity contribution is 7.91. The molecule has 1 aliphatic rings. The highest BCUT2D eigenvalue weighted by Crippen LogP contribution is 2.30. The maximum absolute atomic E-state index is 14.5. The molecule has 3 rings (SSSR count). The minimum Gasteiger partial charge on any atom is -0.391 e. The van der Waals surface area contributed by atoms with Gasteiger partial charge >= 0.3 is 0 Å². The summed E-state index contributed by atoms with van der Waals surface area (Å²) in [6.07, 6.45) is -0.483. The number of nitrogens with zero attached hydrogens (tertiary/aromatic N) is 1. The lowest BCUT2D eigenvalue weighted by Gasteiger charge is -2.30. The number of carbonyl (C=O) groups excluding carboxylic acids is 2. The number of aliphatic hydroxyl groups excluding tert-OH is 1. The Morgan fingerprint density at radius 3 is 2.51 bits per heavy atom. The van der Waals surface area contributed by atoms with Crippen molar-refractivity contribution in [1.82, 2.24) is 10.2 Å². The molecule has 4 atom stereocenters. The lowest BCUT2D eigenvalue weighted by Crippen LogP contribution is -2.50. The van der Waals surface area contributed by atoms with Gasteiger partial charge in [-0.25, -0.2) is 17.2 Å². The van der Waals surface area contributed by atoms with Crippen molar-refractivity contribution in [3.05, 3.63) is 64.2 Å². The average Bonchev–Trinajstić information content (AvgIpc) is 3.20. The number of sulfone groups is 1. The number of nitrogens with one attached hydrogen (secondary N) is 1. The number of hydrogen-bond acceptors (Lipinski definition) is 5. The van der Waals surface area contributed by atoms with E-state index >= 15 is 0 Å². The lowest BCUT2D eigenvalue weighted by atomic mass is 10.0. The van der Waals surface area contributed by atoms with Gasteiger partial charge in [0.05, 0.1) is 27.8 Å². The Hall–Kier alpha value is -2.56. The molecular weight excluding hydrogens is 502 g/mol. The van der Waals surface area contributed by atoms with Crippen LogP contribution in [0.2, 0.25) is 5.02 Å². The van der Waals surface area contributed by atoms with Crippen molar-refractivity contribution in [3.63, 3.8) is 0 Å². The molecule has 0 aliphatic carbocycles. The Labute approximate surface area is 208 Å².